The second kappa shape index (κ2) is 9.08. The molecule has 1 aliphatic rings. The van der Waals surface area contributed by atoms with Crippen LogP contribution in [0.25, 0.3) is 0 Å². The Bertz CT molecular complexity index is 690. The number of rotatable bonds is 4. The van der Waals surface area contributed by atoms with Gasteiger partial charge in [0.05, 0.1) is 5.92 Å². The highest BCUT2D eigenvalue weighted by molar-refractivity contribution is 5.96. The maximum Gasteiger partial charge on any atom is 0.410 e. The number of amides is 2. The van der Waals surface area contributed by atoms with E-state index in [9.17, 15) is 14.4 Å². The molecule has 0 aliphatic carbocycles. The van der Waals surface area contributed by atoms with Crippen molar-refractivity contribution in [3.05, 3.63) is 30.3 Å². The summed E-state index contributed by atoms with van der Waals surface area (Å²) in [5.41, 5.74) is 0.189. The fourth-order valence-corrected chi connectivity index (χ4v) is 3.00. The van der Waals surface area contributed by atoms with Crippen LogP contribution in [0.2, 0.25) is 0 Å². The molecule has 0 saturated carbocycles. The number of carbonyl (C=O) groups is 3. The smallest absolute Gasteiger partial charge is 0.410 e. The van der Waals surface area contributed by atoms with Crippen molar-refractivity contribution < 1.29 is 23.9 Å². The number of benzene rings is 1. The van der Waals surface area contributed by atoms with Gasteiger partial charge in [-0.25, -0.2) is 4.79 Å². The average molecular weight is 390 g/mol. The third kappa shape index (κ3) is 5.97. The lowest BCUT2D eigenvalue weighted by Crippen LogP contribution is -2.44. The fourth-order valence-electron chi connectivity index (χ4n) is 3.00. The second-order valence-corrected chi connectivity index (χ2v) is 8.05. The van der Waals surface area contributed by atoms with Crippen LogP contribution in [0.4, 0.5) is 10.5 Å². The van der Waals surface area contributed by atoms with Crippen molar-refractivity contribution in [1.82, 2.24) is 4.90 Å². The van der Waals surface area contributed by atoms with Crippen molar-refractivity contribution >= 4 is 23.7 Å². The summed E-state index contributed by atoms with van der Waals surface area (Å²) in [5.74, 6) is -1.01. The SMILES string of the molecule is C[C@H](OC(=O)C1CCN(C(=O)OC(C)(C)C)CC1)C(=O)N(C)c1ccccc1. The standard InChI is InChI=1S/C21H30N2O5/c1-15(18(24)22(5)17-9-7-6-8-10-17)27-19(25)16-11-13-23(14-12-16)20(26)28-21(2,3)4/h6-10,15-16H,11-14H2,1-5H3/t15-/m0/s1. The van der Waals surface area contributed by atoms with E-state index in [1.807, 2.05) is 51.1 Å². The van der Waals surface area contributed by atoms with Gasteiger partial charge in [0, 0.05) is 25.8 Å². The van der Waals surface area contributed by atoms with E-state index in [1.54, 1.807) is 18.9 Å². The van der Waals surface area contributed by atoms with E-state index < -0.39 is 17.7 Å². The zero-order valence-electron chi connectivity index (χ0n) is 17.3. The zero-order valence-corrected chi connectivity index (χ0v) is 17.3. The Kier molecular flexibility index (Phi) is 7.05. The summed E-state index contributed by atoms with van der Waals surface area (Å²) >= 11 is 0. The van der Waals surface area contributed by atoms with Gasteiger partial charge in [0.15, 0.2) is 6.10 Å². The van der Waals surface area contributed by atoms with Crippen LogP contribution in [-0.4, -0.2) is 54.7 Å². The van der Waals surface area contributed by atoms with E-state index in [-0.39, 0.29) is 17.9 Å². The first-order valence-corrected chi connectivity index (χ1v) is 9.59. The van der Waals surface area contributed by atoms with Gasteiger partial charge < -0.3 is 19.3 Å². The van der Waals surface area contributed by atoms with E-state index in [2.05, 4.69) is 0 Å². The van der Waals surface area contributed by atoms with E-state index in [4.69, 9.17) is 9.47 Å². The van der Waals surface area contributed by atoms with Crippen LogP contribution in [0.15, 0.2) is 30.3 Å². The summed E-state index contributed by atoms with van der Waals surface area (Å²) in [6, 6.07) is 9.19. The highest BCUT2D eigenvalue weighted by Crippen LogP contribution is 2.22. The minimum Gasteiger partial charge on any atom is -0.452 e. The van der Waals surface area contributed by atoms with Crippen LogP contribution < -0.4 is 4.90 Å². The number of hydrogen-bond acceptors (Lipinski definition) is 5. The number of nitrogens with zero attached hydrogens (tertiary/aromatic N) is 2. The molecule has 1 heterocycles. The number of likely N-dealkylation sites (tertiary alicyclic amines) is 1. The van der Waals surface area contributed by atoms with Crippen molar-refractivity contribution in [1.29, 1.82) is 0 Å². The zero-order chi connectivity index (χ0) is 20.9. The Balaban J connectivity index is 1.83. The molecule has 1 aromatic rings. The van der Waals surface area contributed by atoms with Crippen LogP contribution in [-0.2, 0) is 19.1 Å². The maximum absolute atomic E-state index is 12.5. The Morgan fingerprint density at radius 3 is 2.21 bits per heavy atom. The molecule has 1 aromatic carbocycles. The molecule has 28 heavy (non-hydrogen) atoms. The maximum atomic E-state index is 12.5. The summed E-state index contributed by atoms with van der Waals surface area (Å²) in [6.45, 7) is 7.90. The molecule has 0 N–H and O–H groups in total. The molecule has 0 aromatic heterocycles. The van der Waals surface area contributed by atoms with Gasteiger partial charge in [-0.2, -0.15) is 0 Å². The lowest BCUT2D eigenvalue weighted by atomic mass is 9.97. The van der Waals surface area contributed by atoms with E-state index in [0.717, 1.165) is 5.69 Å². The molecule has 7 heteroatoms. The molecule has 0 radical (unpaired) electrons. The first-order chi connectivity index (χ1) is 13.1. The molecule has 1 atom stereocenters. The van der Waals surface area contributed by atoms with Crippen LogP contribution in [0.1, 0.15) is 40.5 Å². The second-order valence-electron chi connectivity index (χ2n) is 8.05. The lowest BCUT2D eigenvalue weighted by molar-refractivity contribution is -0.159. The average Bonchev–Trinajstić information content (AvgIpc) is 2.66. The van der Waals surface area contributed by atoms with E-state index in [0.29, 0.717) is 25.9 Å². The van der Waals surface area contributed by atoms with Crippen LogP contribution in [0.5, 0.6) is 0 Å². The van der Waals surface area contributed by atoms with Gasteiger partial charge in [-0.1, -0.05) is 18.2 Å². The fraction of sp³-hybridized carbons (Fsp3) is 0.571. The number of hydrogen-bond donors (Lipinski definition) is 0. The number of likely N-dealkylation sites (N-methyl/N-ethyl adjacent to an activating group) is 1. The number of carbonyl (C=O) groups excluding carboxylic acids is 3. The van der Waals surface area contributed by atoms with Crippen LogP contribution in [0, 0.1) is 5.92 Å². The molecule has 2 rings (SSSR count). The first-order valence-electron chi connectivity index (χ1n) is 9.59. The van der Waals surface area contributed by atoms with Crippen LogP contribution >= 0.6 is 0 Å². The molecule has 1 aliphatic heterocycles. The third-order valence-electron chi connectivity index (χ3n) is 4.59. The number of piperidine rings is 1. The van der Waals surface area contributed by atoms with Gasteiger partial charge in [-0.15, -0.1) is 0 Å². The largest absolute Gasteiger partial charge is 0.452 e. The van der Waals surface area contributed by atoms with Gasteiger partial charge in [0.1, 0.15) is 5.60 Å². The molecule has 1 fully saturated rings. The first kappa shape index (κ1) is 21.7. The van der Waals surface area contributed by atoms with Crippen LogP contribution in [0.3, 0.4) is 0 Å². The molecular formula is C21H30N2O5. The minimum absolute atomic E-state index is 0.286. The molecule has 2 amide bonds. The lowest BCUT2D eigenvalue weighted by Gasteiger charge is -2.33. The molecule has 154 valence electrons. The van der Waals surface area contributed by atoms with Crippen molar-refractivity contribution in [2.24, 2.45) is 5.92 Å². The number of ether oxygens (including phenoxy) is 2. The van der Waals surface area contributed by atoms with Crippen molar-refractivity contribution in [3.8, 4) is 0 Å². The highest BCUT2D eigenvalue weighted by Gasteiger charge is 2.32. The Hall–Kier alpha value is -2.57. The molecule has 0 spiro atoms. The van der Waals surface area contributed by atoms with Gasteiger partial charge in [0.2, 0.25) is 0 Å². The summed E-state index contributed by atoms with van der Waals surface area (Å²) < 4.78 is 10.8. The van der Waals surface area contributed by atoms with E-state index >= 15 is 0 Å². The monoisotopic (exact) mass is 390 g/mol. The van der Waals surface area contributed by atoms with Gasteiger partial charge in [0.25, 0.3) is 5.91 Å². The molecule has 7 nitrogen and oxygen atoms in total. The third-order valence-corrected chi connectivity index (χ3v) is 4.59. The van der Waals surface area contributed by atoms with E-state index in [1.165, 1.54) is 4.90 Å². The Labute approximate surface area is 166 Å². The number of para-hydroxylation sites is 1. The minimum atomic E-state index is -0.874. The molecule has 1 saturated heterocycles. The van der Waals surface area contributed by atoms with Gasteiger partial charge in [-0.3, -0.25) is 9.59 Å². The summed E-state index contributed by atoms with van der Waals surface area (Å²) in [6.07, 6.45) is -0.255. The Morgan fingerprint density at radius 2 is 1.68 bits per heavy atom. The number of anilines is 1. The predicted molar refractivity (Wildman–Crippen MR) is 106 cm³/mol. The summed E-state index contributed by atoms with van der Waals surface area (Å²) in [5, 5.41) is 0. The highest BCUT2D eigenvalue weighted by atomic mass is 16.6. The molecular weight excluding hydrogens is 360 g/mol. The molecule has 0 unspecified atom stereocenters. The normalized spacial score (nSPS) is 16.2. The van der Waals surface area contributed by atoms with Crippen molar-refractivity contribution in [3.63, 3.8) is 0 Å². The Morgan fingerprint density at radius 1 is 1.11 bits per heavy atom. The predicted octanol–water partition coefficient (Wildman–Crippen LogP) is 3.23. The van der Waals surface area contributed by atoms with Crippen molar-refractivity contribution in [2.45, 2.75) is 52.2 Å². The van der Waals surface area contributed by atoms with Crippen molar-refractivity contribution in [2.75, 3.05) is 25.0 Å². The van der Waals surface area contributed by atoms with Gasteiger partial charge >= 0.3 is 12.1 Å². The summed E-state index contributed by atoms with van der Waals surface area (Å²) in [7, 11) is 1.65. The molecule has 0 bridgehead atoms. The number of esters is 1. The topological polar surface area (TPSA) is 76.1 Å². The van der Waals surface area contributed by atoms with Gasteiger partial charge in [-0.05, 0) is 52.7 Å². The summed E-state index contributed by atoms with van der Waals surface area (Å²) in [4.78, 5) is 40.1. The quantitative estimate of drug-likeness (QED) is 0.738.